The monoisotopic (exact) mass is 327 g/mol. The number of aryl methyl sites for hydroxylation is 1. The lowest BCUT2D eigenvalue weighted by Crippen LogP contribution is -2.38. The first-order valence-electron chi connectivity index (χ1n) is 7.19. The zero-order valence-corrected chi connectivity index (χ0v) is 13.9. The van der Waals surface area contributed by atoms with Gasteiger partial charge in [0, 0.05) is 13.1 Å². The highest BCUT2D eigenvalue weighted by atomic mass is 35.5. The van der Waals surface area contributed by atoms with Crippen LogP contribution in [0.4, 0.5) is 0 Å². The molecule has 2 N–H and O–H groups in total. The van der Waals surface area contributed by atoms with Gasteiger partial charge in [0.1, 0.15) is 5.76 Å². The zero-order valence-electron chi connectivity index (χ0n) is 12.2. The van der Waals surface area contributed by atoms with Crippen LogP contribution < -0.4 is 5.73 Å². The van der Waals surface area contributed by atoms with E-state index >= 15 is 0 Å². The fourth-order valence-corrected chi connectivity index (χ4v) is 3.43. The van der Waals surface area contributed by atoms with Crippen LogP contribution >= 0.6 is 23.7 Å². The number of thiophene rings is 1. The second kappa shape index (κ2) is 7.40. The van der Waals surface area contributed by atoms with E-state index in [1.54, 1.807) is 11.3 Å². The molecule has 0 aromatic carbocycles. The van der Waals surface area contributed by atoms with E-state index in [4.69, 9.17) is 10.2 Å². The van der Waals surface area contributed by atoms with E-state index in [1.807, 2.05) is 24.4 Å². The van der Waals surface area contributed by atoms with Gasteiger partial charge in [0.15, 0.2) is 0 Å². The molecule has 3 rings (SSSR count). The molecule has 6 heteroatoms. The van der Waals surface area contributed by atoms with Gasteiger partial charge < -0.3 is 10.2 Å². The van der Waals surface area contributed by atoms with Gasteiger partial charge in [0.2, 0.25) is 5.89 Å². The SMILES string of the molecule is Cc1oc(-c2cccs2)nc1CN1CCCC(CN)C1.Cl. The van der Waals surface area contributed by atoms with E-state index in [2.05, 4.69) is 9.88 Å². The van der Waals surface area contributed by atoms with Crippen LogP contribution in [0.15, 0.2) is 21.9 Å². The molecule has 0 aliphatic carbocycles. The summed E-state index contributed by atoms with van der Waals surface area (Å²) in [5.41, 5.74) is 6.86. The van der Waals surface area contributed by atoms with Crippen molar-refractivity contribution in [3.8, 4) is 10.8 Å². The third-order valence-electron chi connectivity index (χ3n) is 3.93. The minimum absolute atomic E-state index is 0. The molecule has 0 amide bonds. The Hall–Kier alpha value is -0.880. The molecule has 1 atom stereocenters. The van der Waals surface area contributed by atoms with Crippen molar-refractivity contribution in [3.05, 3.63) is 29.0 Å². The fourth-order valence-electron chi connectivity index (χ4n) is 2.78. The smallest absolute Gasteiger partial charge is 0.236 e. The molecule has 2 aromatic heterocycles. The van der Waals surface area contributed by atoms with Crippen LogP contribution in [0.1, 0.15) is 24.3 Å². The third kappa shape index (κ3) is 3.86. The molecule has 0 radical (unpaired) electrons. The molecule has 3 heterocycles. The van der Waals surface area contributed by atoms with Gasteiger partial charge in [-0.25, -0.2) is 4.98 Å². The van der Waals surface area contributed by atoms with Crippen molar-refractivity contribution in [1.29, 1.82) is 0 Å². The number of piperidine rings is 1. The van der Waals surface area contributed by atoms with Crippen LogP contribution in [0.5, 0.6) is 0 Å². The molecule has 4 nitrogen and oxygen atoms in total. The number of nitrogens with two attached hydrogens (primary N) is 1. The summed E-state index contributed by atoms with van der Waals surface area (Å²) in [7, 11) is 0. The Balaban J connectivity index is 0.00000161. The van der Waals surface area contributed by atoms with E-state index in [0.29, 0.717) is 5.92 Å². The summed E-state index contributed by atoms with van der Waals surface area (Å²) in [6, 6.07) is 4.07. The number of aromatic nitrogens is 1. The summed E-state index contributed by atoms with van der Waals surface area (Å²) in [6.07, 6.45) is 2.49. The molecule has 0 saturated carbocycles. The molecule has 0 spiro atoms. The van der Waals surface area contributed by atoms with Crippen molar-refractivity contribution < 1.29 is 4.42 Å². The van der Waals surface area contributed by atoms with E-state index in [0.717, 1.165) is 48.4 Å². The van der Waals surface area contributed by atoms with Crippen molar-refractivity contribution in [2.45, 2.75) is 26.3 Å². The van der Waals surface area contributed by atoms with Crippen LogP contribution in [0.2, 0.25) is 0 Å². The van der Waals surface area contributed by atoms with Crippen LogP contribution in [-0.2, 0) is 6.54 Å². The molecule has 0 bridgehead atoms. The largest absolute Gasteiger partial charge is 0.440 e. The number of likely N-dealkylation sites (tertiary alicyclic amines) is 1. The Bertz CT molecular complexity index is 555. The Morgan fingerprint density at radius 3 is 3.10 bits per heavy atom. The fraction of sp³-hybridized carbons (Fsp3) is 0.533. The maximum atomic E-state index is 5.80. The minimum Gasteiger partial charge on any atom is -0.440 e. The van der Waals surface area contributed by atoms with Crippen molar-refractivity contribution in [1.82, 2.24) is 9.88 Å². The number of nitrogens with zero attached hydrogens (tertiary/aromatic N) is 2. The van der Waals surface area contributed by atoms with Gasteiger partial charge in [-0.1, -0.05) is 6.07 Å². The number of oxazole rings is 1. The molecular weight excluding hydrogens is 306 g/mol. The molecule has 1 fully saturated rings. The van der Waals surface area contributed by atoms with Crippen LogP contribution in [0.3, 0.4) is 0 Å². The molecule has 1 saturated heterocycles. The summed E-state index contributed by atoms with van der Waals surface area (Å²) in [5.74, 6) is 2.32. The predicted molar refractivity (Wildman–Crippen MR) is 88.9 cm³/mol. The van der Waals surface area contributed by atoms with Crippen molar-refractivity contribution in [2.24, 2.45) is 11.7 Å². The molecule has 116 valence electrons. The molecule has 21 heavy (non-hydrogen) atoms. The highest BCUT2D eigenvalue weighted by Gasteiger charge is 2.21. The normalized spacial score (nSPS) is 19.4. The van der Waals surface area contributed by atoms with Gasteiger partial charge in [-0.05, 0) is 50.2 Å². The Morgan fingerprint density at radius 2 is 2.38 bits per heavy atom. The first kappa shape index (κ1) is 16.5. The lowest BCUT2D eigenvalue weighted by molar-refractivity contribution is 0.169. The summed E-state index contributed by atoms with van der Waals surface area (Å²) < 4.78 is 5.80. The van der Waals surface area contributed by atoms with Crippen LogP contribution in [0, 0.1) is 12.8 Å². The summed E-state index contributed by atoms with van der Waals surface area (Å²) in [5, 5.41) is 2.05. The lowest BCUT2D eigenvalue weighted by atomic mass is 9.98. The molecular formula is C15H22ClN3OS. The Morgan fingerprint density at radius 1 is 1.52 bits per heavy atom. The van der Waals surface area contributed by atoms with Crippen LogP contribution in [0.25, 0.3) is 10.8 Å². The highest BCUT2D eigenvalue weighted by molar-refractivity contribution is 7.13. The zero-order chi connectivity index (χ0) is 13.9. The Kier molecular flexibility index (Phi) is 5.81. The van der Waals surface area contributed by atoms with Gasteiger partial charge in [-0.3, -0.25) is 4.90 Å². The maximum absolute atomic E-state index is 5.80. The van der Waals surface area contributed by atoms with E-state index in [9.17, 15) is 0 Å². The third-order valence-corrected chi connectivity index (χ3v) is 4.79. The van der Waals surface area contributed by atoms with Gasteiger partial charge in [-0.15, -0.1) is 23.7 Å². The van der Waals surface area contributed by atoms with Crippen molar-refractivity contribution >= 4 is 23.7 Å². The highest BCUT2D eigenvalue weighted by Crippen LogP contribution is 2.27. The first-order chi connectivity index (χ1) is 9.76. The second-order valence-corrected chi connectivity index (χ2v) is 6.43. The van der Waals surface area contributed by atoms with E-state index in [1.165, 1.54) is 12.8 Å². The first-order valence-corrected chi connectivity index (χ1v) is 8.07. The number of rotatable bonds is 4. The quantitative estimate of drug-likeness (QED) is 0.936. The van der Waals surface area contributed by atoms with Gasteiger partial charge in [-0.2, -0.15) is 0 Å². The van der Waals surface area contributed by atoms with Gasteiger partial charge >= 0.3 is 0 Å². The van der Waals surface area contributed by atoms with Crippen molar-refractivity contribution in [2.75, 3.05) is 19.6 Å². The number of halogens is 1. The lowest BCUT2D eigenvalue weighted by Gasteiger charge is -2.31. The standard InChI is InChI=1S/C15H21N3OS.ClH/c1-11-13(10-18-6-2-4-12(8-16)9-18)17-15(19-11)14-5-3-7-20-14;/h3,5,7,12H,2,4,6,8-10,16H2,1H3;1H. The average molecular weight is 328 g/mol. The summed E-state index contributed by atoms with van der Waals surface area (Å²) in [4.78, 5) is 8.21. The van der Waals surface area contributed by atoms with E-state index in [-0.39, 0.29) is 12.4 Å². The van der Waals surface area contributed by atoms with Gasteiger partial charge in [0.05, 0.1) is 10.6 Å². The molecule has 1 aliphatic heterocycles. The maximum Gasteiger partial charge on any atom is 0.236 e. The second-order valence-electron chi connectivity index (χ2n) is 5.48. The van der Waals surface area contributed by atoms with Crippen LogP contribution in [-0.4, -0.2) is 29.5 Å². The predicted octanol–water partition coefficient (Wildman–Crippen LogP) is 3.30. The number of hydrogen-bond donors (Lipinski definition) is 1. The number of hydrogen-bond acceptors (Lipinski definition) is 5. The van der Waals surface area contributed by atoms with Gasteiger partial charge in [0.25, 0.3) is 0 Å². The minimum atomic E-state index is 0. The van der Waals surface area contributed by atoms with Crippen molar-refractivity contribution in [3.63, 3.8) is 0 Å². The molecule has 1 aliphatic rings. The van der Waals surface area contributed by atoms with E-state index < -0.39 is 0 Å². The molecule has 2 aromatic rings. The topological polar surface area (TPSA) is 55.3 Å². The Labute approximate surface area is 135 Å². The summed E-state index contributed by atoms with van der Waals surface area (Å²) >= 11 is 1.66. The average Bonchev–Trinajstić information content (AvgIpc) is 3.10. The summed E-state index contributed by atoms with van der Waals surface area (Å²) in [6.45, 7) is 5.88. The molecule has 1 unspecified atom stereocenters.